The summed E-state index contributed by atoms with van der Waals surface area (Å²) < 4.78 is 45.9. The Morgan fingerprint density at radius 2 is 1.90 bits per heavy atom. The monoisotopic (exact) mass is 421 g/mol. The van der Waals surface area contributed by atoms with E-state index in [1.54, 1.807) is 6.07 Å². The Hall–Kier alpha value is -2.81. The number of benzene rings is 2. The Bertz CT molecular complexity index is 1030. The molecule has 1 unspecified atom stereocenters. The molecule has 0 radical (unpaired) electrons. The van der Waals surface area contributed by atoms with Gasteiger partial charge in [0.05, 0.1) is 11.0 Å². The van der Waals surface area contributed by atoms with E-state index < -0.39 is 37.5 Å². The third kappa shape index (κ3) is 3.74. The molecule has 29 heavy (non-hydrogen) atoms. The minimum atomic E-state index is -4.26. The van der Waals surface area contributed by atoms with E-state index in [4.69, 9.17) is 4.74 Å². The van der Waals surface area contributed by atoms with E-state index in [-0.39, 0.29) is 29.1 Å². The van der Waals surface area contributed by atoms with Crippen molar-refractivity contribution in [3.63, 3.8) is 0 Å². The van der Waals surface area contributed by atoms with Crippen molar-refractivity contribution in [2.45, 2.75) is 42.1 Å². The fourth-order valence-corrected chi connectivity index (χ4v) is 5.55. The fraction of sp³-hybridized carbons (Fsp3) is 0.350. The maximum atomic E-state index is 14.1. The molecular formula is C20H20FNO6S. The normalized spacial score (nSPS) is 21.3. The second-order valence-electron chi connectivity index (χ2n) is 7.19. The number of ether oxygens (including phenoxy) is 1. The summed E-state index contributed by atoms with van der Waals surface area (Å²) >= 11 is 0. The predicted molar refractivity (Wildman–Crippen MR) is 103 cm³/mol. The number of nitrogens with zero attached hydrogens (tertiary/aromatic N) is 1. The molecule has 1 aliphatic carbocycles. The number of nitro groups is 1. The number of halogens is 1. The lowest BCUT2D eigenvalue weighted by Gasteiger charge is -2.27. The van der Waals surface area contributed by atoms with Crippen LogP contribution in [0, 0.1) is 21.8 Å². The van der Waals surface area contributed by atoms with Gasteiger partial charge in [0.1, 0.15) is 6.29 Å². The molecule has 0 N–H and O–H groups in total. The summed E-state index contributed by atoms with van der Waals surface area (Å²) in [7, 11) is -4.26. The van der Waals surface area contributed by atoms with Crippen LogP contribution in [0.3, 0.4) is 0 Å². The van der Waals surface area contributed by atoms with Crippen molar-refractivity contribution >= 4 is 16.1 Å². The van der Waals surface area contributed by atoms with Gasteiger partial charge in [-0.25, -0.2) is 12.8 Å². The van der Waals surface area contributed by atoms with Crippen LogP contribution in [-0.4, -0.2) is 30.6 Å². The van der Waals surface area contributed by atoms with Crippen LogP contribution in [0.2, 0.25) is 0 Å². The molecule has 0 heterocycles. The van der Waals surface area contributed by atoms with E-state index in [0.29, 0.717) is 12.7 Å². The number of carbonyl (C=O) groups excluding carboxylic acids is 1. The summed E-state index contributed by atoms with van der Waals surface area (Å²) in [5.74, 6) is -1.59. The van der Waals surface area contributed by atoms with E-state index in [1.807, 2.05) is 0 Å². The molecule has 0 bridgehead atoms. The van der Waals surface area contributed by atoms with Crippen molar-refractivity contribution in [2.24, 2.45) is 5.92 Å². The first-order chi connectivity index (χ1) is 13.7. The summed E-state index contributed by atoms with van der Waals surface area (Å²) in [5, 5.41) is 11.9. The molecule has 9 heteroatoms. The number of rotatable bonds is 7. The van der Waals surface area contributed by atoms with E-state index in [2.05, 4.69) is 0 Å². The molecule has 0 aliphatic heterocycles. The highest BCUT2D eigenvalue weighted by molar-refractivity contribution is 7.92. The minimum Gasteiger partial charge on any atom is -0.487 e. The molecular weight excluding hydrogens is 401 g/mol. The van der Waals surface area contributed by atoms with Gasteiger partial charge in [-0.05, 0) is 49.6 Å². The van der Waals surface area contributed by atoms with E-state index in [0.717, 1.165) is 13.0 Å². The highest BCUT2D eigenvalue weighted by Crippen LogP contribution is 2.43. The average Bonchev–Trinajstić information content (AvgIpc) is 3.18. The van der Waals surface area contributed by atoms with Gasteiger partial charge < -0.3 is 4.74 Å². The Labute approximate surface area is 167 Å². The van der Waals surface area contributed by atoms with Crippen LogP contribution in [-0.2, 0) is 9.84 Å². The Morgan fingerprint density at radius 1 is 1.21 bits per heavy atom. The lowest BCUT2D eigenvalue weighted by atomic mass is 9.99. The van der Waals surface area contributed by atoms with Gasteiger partial charge in [-0.1, -0.05) is 18.2 Å². The van der Waals surface area contributed by atoms with Crippen molar-refractivity contribution in [1.29, 1.82) is 0 Å². The summed E-state index contributed by atoms with van der Waals surface area (Å²) in [5.41, 5.74) is 0.161. The fourth-order valence-electron chi connectivity index (χ4n) is 3.70. The molecule has 1 saturated carbocycles. The van der Waals surface area contributed by atoms with E-state index in [9.17, 15) is 27.7 Å². The van der Waals surface area contributed by atoms with Crippen molar-refractivity contribution in [1.82, 2.24) is 0 Å². The maximum Gasteiger partial charge on any atom is 0.323 e. The van der Waals surface area contributed by atoms with Gasteiger partial charge in [0.15, 0.2) is 11.6 Å². The van der Waals surface area contributed by atoms with Crippen molar-refractivity contribution in [3.8, 4) is 5.75 Å². The van der Waals surface area contributed by atoms with Crippen LogP contribution in [0.15, 0.2) is 53.4 Å². The van der Waals surface area contributed by atoms with Gasteiger partial charge >= 0.3 is 4.87 Å². The number of carbonyl (C=O) groups is 1. The van der Waals surface area contributed by atoms with Crippen LogP contribution in [0.1, 0.15) is 36.5 Å². The topological polar surface area (TPSA) is 104 Å². The zero-order valence-electron chi connectivity index (χ0n) is 15.7. The first kappa shape index (κ1) is 20.9. The van der Waals surface area contributed by atoms with Crippen LogP contribution in [0.25, 0.3) is 0 Å². The van der Waals surface area contributed by atoms with Crippen LogP contribution < -0.4 is 4.74 Å². The second-order valence-corrected chi connectivity index (χ2v) is 9.49. The molecule has 3 rings (SSSR count). The average molecular weight is 421 g/mol. The smallest absolute Gasteiger partial charge is 0.323 e. The molecule has 0 saturated heterocycles. The molecule has 3 atom stereocenters. The van der Waals surface area contributed by atoms with Crippen LogP contribution >= 0.6 is 0 Å². The van der Waals surface area contributed by atoms with Crippen molar-refractivity contribution < 1.29 is 27.3 Å². The summed E-state index contributed by atoms with van der Waals surface area (Å²) in [6.45, 7) is 1.13. The van der Waals surface area contributed by atoms with E-state index in [1.165, 1.54) is 36.4 Å². The van der Waals surface area contributed by atoms with Gasteiger partial charge in [-0.3, -0.25) is 14.9 Å². The molecule has 1 fully saturated rings. The first-order valence-electron chi connectivity index (χ1n) is 9.05. The van der Waals surface area contributed by atoms with E-state index >= 15 is 0 Å². The molecule has 154 valence electrons. The molecule has 1 aliphatic rings. The van der Waals surface area contributed by atoms with Gasteiger partial charge in [0.2, 0.25) is 9.84 Å². The zero-order chi connectivity index (χ0) is 21.2. The highest BCUT2D eigenvalue weighted by Gasteiger charge is 2.59. The molecule has 0 aromatic heterocycles. The number of aldehydes is 1. The molecule has 7 nitrogen and oxygen atoms in total. The lowest BCUT2D eigenvalue weighted by Crippen LogP contribution is -2.49. The SMILES string of the molecule is C[C@@](C1CC[C@H](Oc2ccc(C=O)cc2F)C1)([N+](=O)[O-])S(=O)(=O)c1ccccc1. The zero-order valence-corrected chi connectivity index (χ0v) is 16.5. The minimum absolute atomic E-state index is 0.0741. The third-order valence-corrected chi connectivity index (χ3v) is 7.95. The predicted octanol–water partition coefficient (Wildman–Crippen LogP) is 3.65. The number of hydrogen-bond acceptors (Lipinski definition) is 6. The Kier molecular flexibility index (Phi) is 5.70. The van der Waals surface area contributed by atoms with Crippen LogP contribution in [0.5, 0.6) is 5.75 Å². The Balaban J connectivity index is 1.84. The molecule has 2 aromatic rings. The van der Waals surface area contributed by atoms with Crippen molar-refractivity contribution in [2.75, 3.05) is 0 Å². The summed E-state index contributed by atoms with van der Waals surface area (Å²) in [6, 6.07) is 11.1. The van der Waals surface area contributed by atoms with Gasteiger partial charge in [0, 0.05) is 23.3 Å². The lowest BCUT2D eigenvalue weighted by molar-refractivity contribution is -0.546. The van der Waals surface area contributed by atoms with Crippen molar-refractivity contribution in [3.05, 3.63) is 70.0 Å². The standard InChI is InChI=1S/C20H20FNO6S/c1-20(22(24)25,29(26,27)17-5-3-2-4-6-17)15-8-9-16(12-15)28-19-10-7-14(13-23)11-18(19)21/h2-7,10-11,13,15-16H,8-9,12H2,1H3/t15?,16-,20+/m0/s1. The second kappa shape index (κ2) is 7.90. The van der Waals surface area contributed by atoms with Crippen LogP contribution in [0.4, 0.5) is 4.39 Å². The van der Waals surface area contributed by atoms with Gasteiger partial charge in [-0.15, -0.1) is 0 Å². The molecule has 2 aromatic carbocycles. The van der Waals surface area contributed by atoms with Gasteiger partial charge in [0.25, 0.3) is 0 Å². The van der Waals surface area contributed by atoms with Gasteiger partial charge in [-0.2, -0.15) is 0 Å². The maximum absolute atomic E-state index is 14.1. The largest absolute Gasteiger partial charge is 0.487 e. The first-order valence-corrected chi connectivity index (χ1v) is 10.5. The summed E-state index contributed by atoms with van der Waals surface area (Å²) in [4.78, 5) is 19.5. The number of hydrogen-bond donors (Lipinski definition) is 0. The summed E-state index contributed by atoms with van der Waals surface area (Å²) in [6.07, 6.45) is 0.644. The molecule has 0 amide bonds. The molecule has 0 spiro atoms. The number of sulfone groups is 1. The third-order valence-electron chi connectivity index (χ3n) is 5.49. The highest BCUT2D eigenvalue weighted by atomic mass is 32.2. The Morgan fingerprint density at radius 3 is 2.48 bits per heavy atom. The quantitative estimate of drug-likeness (QED) is 0.384.